The van der Waals surface area contributed by atoms with Crippen LogP contribution in [0.3, 0.4) is 0 Å². The van der Waals surface area contributed by atoms with Gasteiger partial charge in [-0.25, -0.2) is 9.67 Å². The zero-order chi connectivity index (χ0) is 19.8. The molecule has 28 heavy (non-hydrogen) atoms. The standard InChI is InChI=1S/C19H19N5O4/c25-19(21-9-4-10-28-12-15-5-2-1-3-6-15)16-7-8-17(18(11-16)24(26)27)23-14-20-13-22-23/h1-3,5-8,11,13-14H,4,9-10,12H2,(H,21,25). The van der Waals surface area contributed by atoms with Crippen LogP contribution in [-0.4, -0.2) is 38.7 Å². The quantitative estimate of drug-likeness (QED) is 0.346. The first-order chi connectivity index (χ1) is 13.6. The van der Waals surface area contributed by atoms with Crippen LogP contribution in [0.15, 0.2) is 61.2 Å². The number of ether oxygens (including phenoxy) is 1. The average Bonchev–Trinajstić information content (AvgIpc) is 3.25. The molecule has 0 unspecified atom stereocenters. The number of aromatic nitrogens is 3. The first kappa shape index (κ1) is 19.2. The largest absolute Gasteiger partial charge is 0.377 e. The van der Waals surface area contributed by atoms with Crippen LogP contribution in [0, 0.1) is 10.1 Å². The van der Waals surface area contributed by atoms with Crippen LogP contribution in [0.4, 0.5) is 5.69 Å². The van der Waals surface area contributed by atoms with Crippen LogP contribution in [0.5, 0.6) is 0 Å². The fourth-order valence-electron chi connectivity index (χ4n) is 2.58. The summed E-state index contributed by atoms with van der Waals surface area (Å²) in [5.41, 5.74) is 1.32. The highest BCUT2D eigenvalue weighted by Gasteiger charge is 2.19. The lowest BCUT2D eigenvalue weighted by Crippen LogP contribution is -2.25. The third-order valence-electron chi connectivity index (χ3n) is 3.96. The summed E-state index contributed by atoms with van der Waals surface area (Å²) in [6.07, 6.45) is 3.28. The minimum Gasteiger partial charge on any atom is -0.377 e. The van der Waals surface area contributed by atoms with Crippen molar-refractivity contribution < 1.29 is 14.5 Å². The number of nitro groups is 1. The average molecular weight is 381 g/mol. The summed E-state index contributed by atoms with van der Waals surface area (Å²) in [7, 11) is 0. The van der Waals surface area contributed by atoms with E-state index in [1.807, 2.05) is 30.3 Å². The molecule has 9 heteroatoms. The molecular formula is C19H19N5O4. The Morgan fingerprint density at radius 3 is 2.75 bits per heavy atom. The number of nitrogens with one attached hydrogen (secondary N) is 1. The highest BCUT2D eigenvalue weighted by atomic mass is 16.6. The molecule has 0 aliphatic heterocycles. The van der Waals surface area contributed by atoms with E-state index >= 15 is 0 Å². The molecule has 144 valence electrons. The number of rotatable bonds is 9. The predicted molar refractivity (Wildman–Crippen MR) is 101 cm³/mol. The van der Waals surface area contributed by atoms with Crippen LogP contribution in [-0.2, 0) is 11.3 Å². The summed E-state index contributed by atoms with van der Waals surface area (Å²) >= 11 is 0. The van der Waals surface area contributed by atoms with Crippen molar-refractivity contribution in [2.24, 2.45) is 0 Å². The van der Waals surface area contributed by atoms with E-state index in [0.717, 1.165) is 5.56 Å². The van der Waals surface area contributed by atoms with Gasteiger partial charge in [0.2, 0.25) is 0 Å². The van der Waals surface area contributed by atoms with Gasteiger partial charge in [-0.2, -0.15) is 5.10 Å². The fraction of sp³-hybridized carbons (Fsp3) is 0.211. The summed E-state index contributed by atoms with van der Waals surface area (Å²) in [5, 5.41) is 18.0. The summed E-state index contributed by atoms with van der Waals surface area (Å²) in [5.74, 6) is -0.378. The monoisotopic (exact) mass is 381 g/mol. The lowest BCUT2D eigenvalue weighted by Gasteiger charge is -2.08. The Kier molecular flexibility index (Phi) is 6.42. The molecule has 1 aromatic heterocycles. The second-order valence-electron chi connectivity index (χ2n) is 5.95. The smallest absolute Gasteiger partial charge is 0.295 e. The Labute approximate surface area is 161 Å². The minimum absolute atomic E-state index is 0.209. The van der Waals surface area contributed by atoms with Gasteiger partial charge in [-0.05, 0) is 24.1 Å². The van der Waals surface area contributed by atoms with Crippen molar-refractivity contribution in [1.29, 1.82) is 0 Å². The Balaban J connectivity index is 1.50. The molecule has 3 rings (SSSR count). The molecule has 2 aromatic carbocycles. The van der Waals surface area contributed by atoms with E-state index in [2.05, 4.69) is 15.4 Å². The maximum atomic E-state index is 12.3. The van der Waals surface area contributed by atoms with Gasteiger partial charge >= 0.3 is 0 Å². The summed E-state index contributed by atoms with van der Waals surface area (Å²) < 4.78 is 6.84. The third kappa shape index (κ3) is 4.98. The maximum Gasteiger partial charge on any atom is 0.295 e. The van der Waals surface area contributed by atoms with Crippen molar-refractivity contribution in [2.75, 3.05) is 13.2 Å². The molecule has 0 atom stereocenters. The second-order valence-corrected chi connectivity index (χ2v) is 5.95. The van der Waals surface area contributed by atoms with Gasteiger partial charge in [0.25, 0.3) is 11.6 Å². The van der Waals surface area contributed by atoms with Crippen LogP contribution in [0.2, 0.25) is 0 Å². The van der Waals surface area contributed by atoms with E-state index in [1.54, 1.807) is 0 Å². The third-order valence-corrected chi connectivity index (χ3v) is 3.96. The van der Waals surface area contributed by atoms with Crippen molar-refractivity contribution in [3.63, 3.8) is 0 Å². The number of hydrogen-bond acceptors (Lipinski definition) is 6. The molecule has 0 aliphatic rings. The van der Waals surface area contributed by atoms with Crippen LogP contribution in [0.25, 0.3) is 5.69 Å². The Morgan fingerprint density at radius 1 is 1.21 bits per heavy atom. The first-order valence-electron chi connectivity index (χ1n) is 8.68. The van der Waals surface area contributed by atoms with Gasteiger partial charge in [0.15, 0.2) is 0 Å². The van der Waals surface area contributed by atoms with E-state index in [0.29, 0.717) is 26.2 Å². The molecule has 0 spiro atoms. The van der Waals surface area contributed by atoms with E-state index in [-0.39, 0.29) is 22.8 Å². The predicted octanol–water partition coefficient (Wildman–Crippen LogP) is 2.51. The van der Waals surface area contributed by atoms with Crippen molar-refractivity contribution in [3.05, 3.63) is 82.4 Å². The highest BCUT2D eigenvalue weighted by molar-refractivity contribution is 5.95. The van der Waals surface area contributed by atoms with Gasteiger partial charge < -0.3 is 10.1 Å². The summed E-state index contributed by atoms with van der Waals surface area (Å²) in [6, 6.07) is 14.0. The van der Waals surface area contributed by atoms with E-state index in [1.165, 1.54) is 35.5 Å². The molecule has 1 heterocycles. The molecule has 0 saturated carbocycles. The molecule has 0 bridgehead atoms. The van der Waals surface area contributed by atoms with Crippen LogP contribution < -0.4 is 5.32 Å². The number of amides is 1. The van der Waals surface area contributed by atoms with Crippen LogP contribution in [0.1, 0.15) is 22.3 Å². The van der Waals surface area contributed by atoms with Crippen molar-refractivity contribution in [2.45, 2.75) is 13.0 Å². The normalized spacial score (nSPS) is 10.6. The van der Waals surface area contributed by atoms with E-state index in [4.69, 9.17) is 4.74 Å². The van der Waals surface area contributed by atoms with Gasteiger partial charge in [-0.3, -0.25) is 14.9 Å². The Morgan fingerprint density at radius 2 is 2.04 bits per heavy atom. The van der Waals surface area contributed by atoms with Crippen LogP contribution >= 0.6 is 0 Å². The number of nitrogens with zero attached hydrogens (tertiary/aromatic N) is 4. The van der Waals surface area contributed by atoms with Gasteiger partial charge in [0.05, 0.1) is 11.5 Å². The Bertz CT molecular complexity index is 929. The van der Waals surface area contributed by atoms with E-state index < -0.39 is 4.92 Å². The number of hydrogen-bond donors (Lipinski definition) is 1. The molecular weight excluding hydrogens is 362 g/mol. The molecule has 0 radical (unpaired) electrons. The van der Waals surface area contributed by atoms with Crippen molar-refractivity contribution in [3.8, 4) is 5.69 Å². The van der Waals surface area contributed by atoms with Gasteiger partial charge in [0, 0.05) is 24.8 Å². The number of carbonyl (C=O) groups excluding carboxylic acids is 1. The molecule has 1 amide bonds. The van der Waals surface area contributed by atoms with Gasteiger partial charge in [-0.15, -0.1) is 0 Å². The van der Waals surface area contributed by atoms with Crippen molar-refractivity contribution >= 4 is 11.6 Å². The summed E-state index contributed by atoms with van der Waals surface area (Å²) in [4.78, 5) is 26.8. The second kappa shape index (κ2) is 9.38. The lowest BCUT2D eigenvalue weighted by molar-refractivity contribution is -0.384. The molecule has 9 nitrogen and oxygen atoms in total. The minimum atomic E-state index is -0.550. The molecule has 1 N–H and O–H groups in total. The zero-order valence-electron chi connectivity index (χ0n) is 15.0. The number of carbonyl (C=O) groups is 1. The van der Waals surface area contributed by atoms with Crippen molar-refractivity contribution in [1.82, 2.24) is 20.1 Å². The summed E-state index contributed by atoms with van der Waals surface area (Å²) in [6.45, 7) is 1.43. The fourth-order valence-corrected chi connectivity index (χ4v) is 2.58. The Hall–Kier alpha value is -3.59. The maximum absolute atomic E-state index is 12.3. The first-order valence-corrected chi connectivity index (χ1v) is 8.68. The SMILES string of the molecule is O=C(NCCCOCc1ccccc1)c1ccc(-n2cncn2)c([N+](=O)[O-])c1. The topological polar surface area (TPSA) is 112 Å². The highest BCUT2D eigenvalue weighted by Crippen LogP contribution is 2.23. The number of nitro benzene ring substituents is 1. The van der Waals surface area contributed by atoms with E-state index in [9.17, 15) is 14.9 Å². The molecule has 0 aliphatic carbocycles. The molecule has 0 fully saturated rings. The lowest BCUT2D eigenvalue weighted by atomic mass is 10.1. The van der Waals surface area contributed by atoms with Gasteiger partial charge in [0.1, 0.15) is 18.3 Å². The van der Waals surface area contributed by atoms with Gasteiger partial charge in [-0.1, -0.05) is 30.3 Å². The molecule has 3 aromatic rings. The molecule has 0 saturated heterocycles. The number of benzene rings is 2. The zero-order valence-corrected chi connectivity index (χ0v) is 15.0.